The summed E-state index contributed by atoms with van der Waals surface area (Å²) in [7, 11) is 0. The van der Waals surface area contributed by atoms with Crippen LogP contribution in [0, 0.1) is 10.5 Å². The number of nitrogen functional groups attached to an aromatic ring is 1. The van der Waals surface area contributed by atoms with Crippen molar-refractivity contribution in [2.75, 3.05) is 11.1 Å². The number of nitrogens with one attached hydrogen (secondary N) is 1. The Morgan fingerprint density at radius 3 is 2.81 bits per heavy atom. The van der Waals surface area contributed by atoms with Gasteiger partial charge in [0, 0.05) is 15.3 Å². The molecule has 2 rings (SSSR count). The van der Waals surface area contributed by atoms with Crippen LogP contribution in [0.15, 0.2) is 30.5 Å². The van der Waals surface area contributed by atoms with Crippen LogP contribution in [0.3, 0.4) is 0 Å². The predicted octanol–water partition coefficient (Wildman–Crippen LogP) is 2.72. The van der Waals surface area contributed by atoms with E-state index >= 15 is 0 Å². The summed E-state index contributed by atoms with van der Waals surface area (Å²) < 4.78 is 1.14. The van der Waals surface area contributed by atoms with Crippen molar-refractivity contribution in [2.24, 2.45) is 0 Å². The smallest absolute Gasteiger partial charge is 0.221 e. The molecule has 1 aromatic heterocycles. The van der Waals surface area contributed by atoms with E-state index in [1.165, 1.54) is 0 Å². The van der Waals surface area contributed by atoms with Crippen molar-refractivity contribution in [1.29, 1.82) is 0 Å². The molecule has 1 heterocycles. The molecule has 4 nitrogen and oxygen atoms in total. The second kappa shape index (κ2) is 4.65. The summed E-state index contributed by atoms with van der Waals surface area (Å²) in [5.41, 5.74) is 7.54. The van der Waals surface area contributed by atoms with Crippen LogP contribution in [-0.4, -0.2) is 9.97 Å². The molecule has 82 valence electrons. The van der Waals surface area contributed by atoms with Crippen molar-refractivity contribution in [3.05, 3.63) is 39.6 Å². The zero-order chi connectivity index (χ0) is 11.5. The van der Waals surface area contributed by atoms with Crippen molar-refractivity contribution in [3.8, 4) is 0 Å². The summed E-state index contributed by atoms with van der Waals surface area (Å²) in [4.78, 5) is 8.09. The van der Waals surface area contributed by atoms with E-state index < -0.39 is 0 Å². The van der Waals surface area contributed by atoms with Crippen LogP contribution < -0.4 is 11.1 Å². The number of rotatable bonds is 2. The molecule has 0 saturated heterocycles. The van der Waals surface area contributed by atoms with Crippen molar-refractivity contribution in [2.45, 2.75) is 6.92 Å². The first kappa shape index (κ1) is 11.1. The molecule has 0 bridgehead atoms. The standard InChI is InChI=1S/C11H11IN4/c1-7-6-14-11(13)16-10(7)15-9-5-3-2-4-8(9)12/h2-6H,1H3,(H3,13,14,15,16). The third kappa shape index (κ3) is 2.41. The fourth-order valence-electron chi connectivity index (χ4n) is 1.27. The highest BCUT2D eigenvalue weighted by atomic mass is 127. The van der Waals surface area contributed by atoms with Gasteiger partial charge in [-0.15, -0.1) is 0 Å². The minimum atomic E-state index is 0.277. The number of hydrogen-bond acceptors (Lipinski definition) is 4. The van der Waals surface area contributed by atoms with Gasteiger partial charge in [-0.3, -0.25) is 0 Å². The molecule has 1 aromatic carbocycles. The Labute approximate surface area is 107 Å². The largest absolute Gasteiger partial charge is 0.368 e. The summed E-state index contributed by atoms with van der Waals surface area (Å²) in [6.45, 7) is 1.94. The molecule has 5 heteroatoms. The van der Waals surface area contributed by atoms with Crippen molar-refractivity contribution < 1.29 is 0 Å². The van der Waals surface area contributed by atoms with E-state index in [1.807, 2.05) is 31.2 Å². The van der Waals surface area contributed by atoms with E-state index in [9.17, 15) is 0 Å². The van der Waals surface area contributed by atoms with Gasteiger partial charge >= 0.3 is 0 Å². The molecule has 0 aliphatic carbocycles. The molecule has 0 radical (unpaired) electrons. The van der Waals surface area contributed by atoms with E-state index in [0.29, 0.717) is 0 Å². The molecule has 0 atom stereocenters. The molecule has 2 aromatic rings. The second-order valence-electron chi connectivity index (χ2n) is 3.36. The number of hydrogen-bond donors (Lipinski definition) is 2. The van der Waals surface area contributed by atoms with Gasteiger partial charge in [-0.25, -0.2) is 4.98 Å². The highest BCUT2D eigenvalue weighted by molar-refractivity contribution is 14.1. The molecule has 0 fully saturated rings. The second-order valence-corrected chi connectivity index (χ2v) is 4.53. The van der Waals surface area contributed by atoms with Crippen molar-refractivity contribution >= 4 is 40.0 Å². The van der Waals surface area contributed by atoms with Gasteiger partial charge in [0.05, 0.1) is 5.69 Å². The monoisotopic (exact) mass is 326 g/mol. The maximum Gasteiger partial charge on any atom is 0.221 e. The molecular formula is C11H11IN4. The maximum atomic E-state index is 5.56. The maximum absolute atomic E-state index is 5.56. The van der Waals surface area contributed by atoms with Gasteiger partial charge in [0.1, 0.15) is 5.82 Å². The van der Waals surface area contributed by atoms with E-state index in [4.69, 9.17) is 5.73 Å². The minimum Gasteiger partial charge on any atom is -0.368 e. The van der Waals surface area contributed by atoms with Crippen LogP contribution in [0.25, 0.3) is 0 Å². The SMILES string of the molecule is Cc1cnc(N)nc1Nc1ccccc1I. The molecule has 0 spiro atoms. The first-order chi connectivity index (χ1) is 7.66. The fraction of sp³-hybridized carbons (Fsp3) is 0.0909. The third-order valence-electron chi connectivity index (χ3n) is 2.12. The lowest BCUT2D eigenvalue weighted by molar-refractivity contribution is 1.15. The number of para-hydroxylation sites is 1. The van der Waals surface area contributed by atoms with Crippen molar-refractivity contribution in [3.63, 3.8) is 0 Å². The Balaban J connectivity index is 2.34. The summed E-state index contributed by atoms with van der Waals surface area (Å²) in [6.07, 6.45) is 1.71. The number of nitrogens with zero attached hydrogens (tertiary/aromatic N) is 2. The Hall–Kier alpha value is -1.37. The Morgan fingerprint density at radius 2 is 2.06 bits per heavy atom. The number of nitrogens with two attached hydrogens (primary N) is 1. The van der Waals surface area contributed by atoms with E-state index in [0.717, 1.165) is 20.6 Å². The molecular weight excluding hydrogens is 315 g/mol. The van der Waals surface area contributed by atoms with Gasteiger partial charge in [-0.2, -0.15) is 4.98 Å². The highest BCUT2D eigenvalue weighted by Crippen LogP contribution is 2.22. The molecule has 0 aliphatic rings. The normalized spacial score (nSPS) is 10.1. The van der Waals surface area contributed by atoms with Crippen LogP contribution in [0.5, 0.6) is 0 Å². The van der Waals surface area contributed by atoms with Gasteiger partial charge in [0.25, 0.3) is 0 Å². The predicted molar refractivity (Wildman–Crippen MR) is 73.6 cm³/mol. The molecule has 0 unspecified atom stereocenters. The first-order valence-corrected chi connectivity index (χ1v) is 5.85. The Kier molecular flexibility index (Phi) is 3.23. The van der Waals surface area contributed by atoms with E-state index in [-0.39, 0.29) is 5.95 Å². The van der Waals surface area contributed by atoms with Crippen LogP contribution in [-0.2, 0) is 0 Å². The zero-order valence-corrected chi connectivity index (χ0v) is 10.9. The van der Waals surface area contributed by atoms with E-state index in [1.54, 1.807) is 6.20 Å². The third-order valence-corrected chi connectivity index (χ3v) is 3.06. The Morgan fingerprint density at radius 1 is 1.31 bits per heavy atom. The van der Waals surface area contributed by atoms with Crippen LogP contribution >= 0.6 is 22.6 Å². The number of aromatic nitrogens is 2. The van der Waals surface area contributed by atoms with Gasteiger partial charge in [-0.05, 0) is 41.6 Å². The summed E-state index contributed by atoms with van der Waals surface area (Å²) >= 11 is 2.27. The van der Waals surface area contributed by atoms with Crippen LogP contribution in [0.1, 0.15) is 5.56 Å². The number of aryl methyl sites for hydroxylation is 1. The molecule has 0 amide bonds. The minimum absolute atomic E-state index is 0.277. The van der Waals surface area contributed by atoms with Gasteiger partial charge in [0.15, 0.2) is 0 Å². The number of benzene rings is 1. The lowest BCUT2D eigenvalue weighted by Crippen LogP contribution is -2.02. The van der Waals surface area contributed by atoms with Crippen molar-refractivity contribution in [1.82, 2.24) is 9.97 Å². The molecule has 0 saturated carbocycles. The van der Waals surface area contributed by atoms with Gasteiger partial charge in [0.2, 0.25) is 5.95 Å². The molecule has 3 N–H and O–H groups in total. The first-order valence-electron chi connectivity index (χ1n) is 4.77. The topological polar surface area (TPSA) is 63.8 Å². The number of halogens is 1. The zero-order valence-electron chi connectivity index (χ0n) is 8.74. The summed E-state index contributed by atoms with van der Waals surface area (Å²) in [5, 5.41) is 3.24. The summed E-state index contributed by atoms with van der Waals surface area (Å²) in [5.74, 6) is 1.02. The quantitative estimate of drug-likeness (QED) is 0.833. The fourth-order valence-corrected chi connectivity index (χ4v) is 1.79. The average Bonchev–Trinajstić information content (AvgIpc) is 2.27. The van der Waals surface area contributed by atoms with Gasteiger partial charge in [-0.1, -0.05) is 12.1 Å². The summed E-state index contributed by atoms with van der Waals surface area (Å²) in [6, 6.07) is 8.00. The highest BCUT2D eigenvalue weighted by Gasteiger charge is 2.04. The Bertz CT molecular complexity index is 513. The van der Waals surface area contributed by atoms with Crippen LogP contribution in [0.2, 0.25) is 0 Å². The van der Waals surface area contributed by atoms with E-state index in [2.05, 4.69) is 37.9 Å². The lowest BCUT2D eigenvalue weighted by atomic mass is 10.3. The average molecular weight is 326 g/mol. The molecule has 16 heavy (non-hydrogen) atoms. The van der Waals surface area contributed by atoms with Crippen LogP contribution in [0.4, 0.5) is 17.5 Å². The lowest BCUT2D eigenvalue weighted by Gasteiger charge is -2.09. The molecule has 0 aliphatic heterocycles. The number of anilines is 3. The van der Waals surface area contributed by atoms with Gasteiger partial charge < -0.3 is 11.1 Å².